The van der Waals surface area contributed by atoms with Crippen molar-refractivity contribution in [2.75, 3.05) is 31.1 Å². The standard InChI is InChI=1S/C22H33FN4O/c1-22(2,3)15-8-11-27(14-15)17-9-12-26(13-10-17)19-7-6-18(25-20(19)23)21(28)24-16-4-5-16/h6-7,15-17H,4-5,8-14H2,1-3H3,(H,24,28). The zero-order chi connectivity index (χ0) is 19.9. The van der Waals surface area contributed by atoms with E-state index in [1.807, 2.05) is 0 Å². The highest BCUT2D eigenvalue weighted by molar-refractivity contribution is 5.92. The number of hydrogen-bond acceptors (Lipinski definition) is 4. The maximum Gasteiger partial charge on any atom is 0.270 e. The summed E-state index contributed by atoms with van der Waals surface area (Å²) in [5.74, 6) is -0.0357. The first kappa shape index (κ1) is 19.6. The van der Waals surface area contributed by atoms with Crippen molar-refractivity contribution in [2.24, 2.45) is 11.3 Å². The lowest BCUT2D eigenvalue weighted by Crippen LogP contribution is -2.44. The minimum atomic E-state index is -0.532. The highest BCUT2D eigenvalue weighted by Gasteiger charge is 2.36. The second-order valence-corrected chi connectivity index (χ2v) is 9.82. The van der Waals surface area contributed by atoms with E-state index in [9.17, 15) is 9.18 Å². The number of nitrogens with one attached hydrogen (secondary N) is 1. The lowest BCUT2D eigenvalue weighted by Gasteiger charge is -2.38. The molecule has 3 aliphatic rings. The molecule has 3 fully saturated rings. The smallest absolute Gasteiger partial charge is 0.270 e. The Labute approximate surface area is 167 Å². The molecule has 4 rings (SSSR count). The molecule has 1 unspecified atom stereocenters. The van der Waals surface area contributed by atoms with Gasteiger partial charge in [0.05, 0.1) is 5.69 Å². The second kappa shape index (κ2) is 7.62. The first-order valence-electron chi connectivity index (χ1n) is 10.8. The molecular weight excluding hydrogens is 355 g/mol. The molecule has 3 heterocycles. The van der Waals surface area contributed by atoms with Crippen molar-refractivity contribution in [1.82, 2.24) is 15.2 Å². The zero-order valence-electron chi connectivity index (χ0n) is 17.4. The molecule has 1 aromatic rings. The van der Waals surface area contributed by atoms with Crippen molar-refractivity contribution in [3.05, 3.63) is 23.8 Å². The fourth-order valence-electron chi connectivity index (χ4n) is 4.57. The fourth-order valence-corrected chi connectivity index (χ4v) is 4.57. The molecule has 0 bridgehead atoms. The van der Waals surface area contributed by atoms with Gasteiger partial charge in [-0.05, 0) is 62.1 Å². The average Bonchev–Trinajstić information content (AvgIpc) is 3.31. The summed E-state index contributed by atoms with van der Waals surface area (Å²) in [6.45, 7) is 11.1. The van der Waals surface area contributed by atoms with Crippen molar-refractivity contribution in [1.29, 1.82) is 0 Å². The van der Waals surface area contributed by atoms with Gasteiger partial charge < -0.3 is 10.2 Å². The Balaban J connectivity index is 1.33. The second-order valence-electron chi connectivity index (χ2n) is 9.82. The van der Waals surface area contributed by atoms with Gasteiger partial charge in [-0.1, -0.05) is 20.8 Å². The number of nitrogens with zero attached hydrogens (tertiary/aromatic N) is 3. The van der Waals surface area contributed by atoms with Crippen LogP contribution in [0, 0.1) is 17.3 Å². The third-order valence-corrected chi connectivity index (χ3v) is 6.74. The van der Waals surface area contributed by atoms with E-state index in [1.165, 1.54) is 19.5 Å². The number of hydrogen-bond donors (Lipinski definition) is 1. The number of pyridine rings is 1. The number of piperidine rings is 1. The molecule has 6 heteroatoms. The van der Waals surface area contributed by atoms with E-state index >= 15 is 0 Å². The molecule has 1 aliphatic carbocycles. The Hall–Kier alpha value is -1.69. The van der Waals surface area contributed by atoms with Crippen LogP contribution in [-0.2, 0) is 0 Å². The summed E-state index contributed by atoms with van der Waals surface area (Å²) in [7, 11) is 0. The van der Waals surface area contributed by atoms with Crippen LogP contribution in [-0.4, -0.2) is 54.1 Å². The monoisotopic (exact) mass is 388 g/mol. The highest BCUT2D eigenvalue weighted by Crippen LogP contribution is 2.36. The van der Waals surface area contributed by atoms with Gasteiger partial charge in [-0.25, -0.2) is 4.98 Å². The number of anilines is 1. The molecule has 1 saturated carbocycles. The lowest BCUT2D eigenvalue weighted by molar-refractivity contribution is 0.0945. The Kier molecular flexibility index (Phi) is 5.34. The van der Waals surface area contributed by atoms with Crippen LogP contribution in [0.2, 0.25) is 0 Å². The Morgan fingerprint density at radius 1 is 1.11 bits per heavy atom. The largest absolute Gasteiger partial charge is 0.368 e. The molecule has 0 radical (unpaired) electrons. The average molecular weight is 389 g/mol. The van der Waals surface area contributed by atoms with Crippen LogP contribution in [0.3, 0.4) is 0 Å². The molecule has 1 N–H and O–H groups in total. The topological polar surface area (TPSA) is 48.5 Å². The normalized spacial score (nSPS) is 24.6. The predicted octanol–water partition coefficient (Wildman–Crippen LogP) is 3.45. The first-order valence-corrected chi connectivity index (χ1v) is 10.8. The van der Waals surface area contributed by atoms with E-state index < -0.39 is 5.95 Å². The summed E-state index contributed by atoms with van der Waals surface area (Å²) in [6.07, 6.45) is 5.41. The maximum atomic E-state index is 14.6. The van der Waals surface area contributed by atoms with Gasteiger partial charge in [0.2, 0.25) is 5.95 Å². The number of carbonyl (C=O) groups is 1. The summed E-state index contributed by atoms with van der Waals surface area (Å²) >= 11 is 0. The van der Waals surface area contributed by atoms with Crippen LogP contribution in [0.5, 0.6) is 0 Å². The van der Waals surface area contributed by atoms with E-state index in [2.05, 4.69) is 40.9 Å². The fraction of sp³-hybridized carbons (Fsp3) is 0.727. The van der Waals surface area contributed by atoms with E-state index in [-0.39, 0.29) is 17.6 Å². The molecule has 1 aromatic heterocycles. The molecule has 5 nitrogen and oxygen atoms in total. The molecule has 28 heavy (non-hydrogen) atoms. The van der Waals surface area contributed by atoms with Gasteiger partial charge in [0.15, 0.2) is 0 Å². The van der Waals surface area contributed by atoms with Crippen LogP contribution in [0.25, 0.3) is 0 Å². The number of rotatable bonds is 4. The summed E-state index contributed by atoms with van der Waals surface area (Å²) in [5.41, 5.74) is 1.07. The molecule has 1 atom stereocenters. The number of halogens is 1. The van der Waals surface area contributed by atoms with Crippen molar-refractivity contribution >= 4 is 11.6 Å². The number of carbonyl (C=O) groups excluding carboxylic acids is 1. The van der Waals surface area contributed by atoms with Gasteiger partial charge in [-0.3, -0.25) is 9.69 Å². The molecule has 1 amide bonds. The van der Waals surface area contributed by atoms with E-state index in [4.69, 9.17) is 0 Å². The van der Waals surface area contributed by atoms with E-state index in [0.29, 0.717) is 17.1 Å². The molecule has 154 valence electrons. The molecule has 0 aromatic carbocycles. The number of likely N-dealkylation sites (tertiary alicyclic amines) is 1. The van der Waals surface area contributed by atoms with Gasteiger partial charge in [-0.2, -0.15) is 4.39 Å². The SMILES string of the molecule is CC(C)(C)C1CCN(C2CCN(c3ccc(C(=O)NC4CC4)nc3F)CC2)C1. The maximum absolute atomic E-state index is 14.6. The Morgan fingerprint density at radius 2 is 1.82 bits per heavy atom. The van der Waals surface area contributed by atoms with E-state index in [1.54, 1.807) is 12.1 Å². The first-order chi connectivity index (χ1) is 13.3. The minimum Gasteiger partial charge on any atom is -0.368 e. The number of amides is 1. The third-order valence-electron chi connectivity index (χ3n) is 6.74. The van der Waals surface area contributed by atoms with Crippen LogP contribution in [0.15, 0.2) is 12.1 Å². The van der Waals surface area contributed by atoms with Crippen molar-refractivity contribution in [3.8, 4) is 0 Å². The third kappa shape index (κ3) is 4.32. The van der Waals surface area contributed by atoms with Crippen molar-refractivity contribution < 1.29 is 9.18 Å². The molecular formula is C22H33FN4O. The quantitative estimate of drug-likeness (QED) is 0.803. The number of aromatic nitrogens is 1. The van der Waals surface area contributed by atoms with Crippen LogP contribution in [0.1, 0.15) is 63.4 Å². The van der Waals surface area contributed by atoms with Gasteiger partial charge in [0.25, 0.3) is 5.91 Å². The van der Waals surface area contributed by atoms with Gasteiger partial charge in [-0.15, -0.1) is 0 Å². The van der Waals surface area contributed by atoms with Gasteiger partial charge in [0.1, 0.15) is 5.69 Å². The summed E-state index contributed by atoms with van der Waals surface area (Å²) < 4.78 is 14.6. The van der Waals surface area contributed by atoms with Gasteiger partial charge in [0, 0.05) is 31.7 Å². The summed E-state index contributed by atoms with van der Waals surface area (Å²) in [6, 6.07) is 4.22. The van der Waals surface area contributed by atoms with Crippen LogP contribution in [0.4, 0.5) is 10.1 Å². The Morgan fingerprint density at radius 3 is 2.39 bits per heavy atom. The lowest BCUT2D eigenvalue weighted by atomic mass is 9.80. The van der Waals surface area contributed by atoms with Crippen LogP contribution < -0.4 is 10.2 Å². The predicted molar refractivity (Wildman–Crippen MR) is 109 cm³/mol. The zero-order valence-corrected chi connectivity index (χ0v) is 17.4. The molecule has 0 spiro atoms. The van der Waals surface area contributed by atoms with Gasteiger partial charge >= 0.3 is 0 Å². The summed E-state index contributed by atoms with van der Waals surface area (Å²) in [4.78, 5) is 20.7. The summed E-state index contributed by atoms with van der Waals surface area (Å²) in [5, 5.41) is 2.86. The van der Waals surface area contributed by atoms with Crippen molar-refractivity contribution in [2.45, 2.75) is 65.0 Å². The Bertz CT molecular complexity index is 720. The van der Waals surface area contributed by atoms with Crippen molar-refractivity contribution in [3.63, 3.8) is 0 Å². The molecule has 2 saturated heterocycles. The molecule has 2 aliphatic heterocycles. The van der Waals surface area contributed by atoms with Crippen LogP contribution >= 0.6 is 0 Å². The minimum absolute atomic E-state index is 0.174. The highest BCUT2D eigenvalue weighted by atomic mass is 19.1. The van der Waals surface area contributed by atoms with E-state index in [0.717, 1.165) is 44.7 Å².